The van der Waals surface area contributed by atoms with Gasteiger partial charge in [-0.2, -0.15) is 5.10 Å². The fourth-order valence-corrected chi connectivity index (χ4v) is 3.86. The molecule has 0 radical (unpaired) electrons. The summed E-state index contributed by atoms with van der Waals surface area (Å²) in [6, 6.07) is 14.7. The minimum absolute atomic E-state index is 0.0166. The van der Waals surface area contributed by atoms with E-state index in [0.29, 0.717) is 10.8 Å². The van der Waals surface area contributed by atoms with Gasteiger partial charge in [-0.1, -0.05) is 42.1 Å². The van der Waals surface area contributed by atoms with Crippen LogP contribution in [-0.4, -0.2) is 35.9 Å². The molecule has 5 aromatic rings. The van der Waals surface area contributed by atoms with Crippen LogP contribution in [0.1, 0.15) is 0 Å². The number of halogens is 2. The van der Waals surface area contributed by atoms with Gasteiger partial charge in [0.25, 0.3) is 0 Å². The summed E-state index contributed by atoms with van der Waals surface area (Å²) < 4.78 is 30.2. The van der Waals surface area contributed by atoms with Crippen LogP contribution < -0.4 is 5.32 Å². The number of amides is 1. The fourth-order valence-electron chi connectivity index (χ4n) is 3.15. The van der Waals surface area contributed by atoms with Crippen LogP contribution in [0.5, 0.6) is 0 Å². The first-order valence-corrected chi connectivity index (χ1v) is 10.2. The first-order chi connectivity index (χ1) is 15.1. The Labute approximate surface area is 178 Å². The van der Waals surface area contributed by atoms with Gasteiger partial charge in [0.2, 0.25) is 5.91 Å². The van der Waals surface area contributed by atoms with E-state index in [1.807, 2.05) is 36.4 Å². The van der Waals surface area contributed by atoms with Gasteiger partial charge in [-0.05, 0) is 18.2 Å². The van der Waals surface area contributed by atoms with E-state index in [4.69, 9.17) is 0 Å². The molecule has 3 heterocycles. The van der Waals surface area contributed by atoms with Crippen molar-refractivity contribution in [2.24, 2.45) is 0 Å². The van der Waals surface area contributed by atoms with Crippen molar-refractivity contribution in [3.05, 3.63) is 78.6 Å². The lowest BCUT2D eigenvalue weighted by atomic mass is 10.1. The Hall–Kier alpha value is -3.79. The second-order valence-corrected chi connectivity index (χ2v) is 7.60. The molecule has 0 aliphatic rings. The number of nitrogens with one attached hydrogen (secondary N) is 1. The molecule has 0 saturated heterocycles. The first-order valence-electron chi connectivity index (χ1n) is 9.25. The minimum Gasteiger partial charge on any atom is -0.323 e. The summed E-state index contributed by atoms with van der Waals surface area (Å²) in [5.74, 6) is -1.99. The van der Waals surface area contributed by atoms with Crippen LogP contribution >= 0.6 is 11.8 Å². The molecule has 0 aliphatic carbocycles. The molecular weight excluding hydrogens is 422 g/mol. The molecule has 0 saturated carbocycles. The fraction of sp³-hybridized carbons (Fsp3) is 0.0476. The number of anilines is 1. The highest BCUT2D eigenvalue weighted by Gasteiger charge is 2.15. The van der Waals surface area contributed by atoms with Crippen molar-refractivity contribution in [3.8, 4) is 11.3 Å². The third kappa shape index (κ3) is 3.73. The van der Waals surface area contributed by atoms with Crippen LogP contribution in [0.15, 0.2) is 72.1 Å². The topological polar surface area (TPSA) is 76.6 Å². The number of carbonyl (C=O) groups excluding carboxylic acids is 1. The highest BCUT2D eigenvalue weighted by molar-refractivity contribution is 7.99. The van der Waals surface area contributed by atoms with Crippen molar-refractivity contribution in [3.63, 3.8) is 0 Å². The van der Waals surface area contributed by atoms with Crippen LogP contribution in [0.2, 0.25) is 0 Å². The van der Waals surface area contributed by atoms with Crippen LogP contribution in [0.3, 0.4) is 0 Å². The zero-order chi connectivity index (χ0) is 21.4. The lowest BCUT2D eigenvalue weighted by Crippen LogP contribution is -2.15. The van der Waals surface area contributed by atoms with Crippen LogP contribution in [0, 0.1) is 11.6 Å². The van der Waals surface area contributed by atoms with Crippen LogP contribution in [0.4, 0.5) is 14.5 Å². The van der Waals surface area contributed by atoms with Crippen LogP contribution in [-0.2, 0) is 4.79 Å². The van der Waals surface area contributed by atoms with Gasteiger partial charge in [0.05, 0.1) is 17.1 Å². The van der Waals surface area contributed by atoms with Crippen molar-refractivity contribution < 1.29 is 13.6 Å². The van der Waals surface area contributed by atoms with E-state index in [2.05, 4.69) is 20.6 Å². The van der Waals surface area contributed by atoms with Gasteiger partial charge < -0.3 is 5.32 Å². The molecule has 5 rings (SSSR count). The molecule has 0 unspecified atom stereocenters. The molecule has 0 fully saturated rings. The number of fused-ring (bicyclic) bond motifs is 3. The lowest BCUT2D eigenvalue weighted by Gasteiger charge is -2.06. The van der Waals surface area contributed by atoms with Crippen molar-refractivity contribution in [2.75, 3.05) is 11.1 Å². The molecule has 0 aliphatic heterocycles. The van der Waals surface area contributed by atoms with E-state index in [0.717, 1.165) is 40.7 Å². The highest BCUT2D eigenvalue weighted by atomic mass is 32.2. The number of benzene rings is 2. The maximum absolute atomic E-state index is 13.7. The van der Waals surface area contributed by atoms with Gasteiger partial charge >= 0.3 is 0 Å². The second-order valence-electron chi connectivity index (χ2n) is 6.66. The number of thioether (sulfide) groups is 1. The Morgan fingerprint density at radius 3 is 2.68 bits per heavy atom. The predicted molar refractivity (Wildman–Crippen MR) is 113 cm³/mol. The molecule has 10 heteroatoms. The van der Waals surface area contributed by atoms with Crippen molar-refractivity contribution in [1.82, 2.24) is 24.2 Å². The second kappa shape index (κ2) is 7.80. The summed E-state index contributed by atoms with van der Waals surface area (Å²) in [5, 5.41) is 15.9. The smallest absolute Gasteiger partial charge is 0.234 e. The van der Waals surface area contributed by atoms with Crippen molar-refractivity contribution in [1.29, 1.82) is 0 Å². The first kappa shape index (κ1) is 19.2. The number of hydrogen-bond donors (Lipinski definition) is 1. The van der Waals surface area contributed by atoms with E-state index in [1.165, 1.54) is 6.07 Å². The summed E-state index contributed by atoms with van der Waals surface area (Å²) in [6.45, 7) is 0. The van der Waals surface area contributed by atoms with Gasteiger partial charge in [-0.25, -0.2) is 13.3 Å². The predicted octanol–water partition coefficient (Wildman–Crippen LogP) is 4.05. The number of nitrogens with zero attached hydrogens (tertiary/aromatic N) is 5. The normalized spacial score (nSPS) is 11.3. The number of hydrogen-bond acceptors (Lipinski definition) is 5. The molecule has 1 amide bonds. The molecule has 1 N–H and O–H groups in total. The molecule has 154 valence electrons. The SMILES string of the molecule is O=C(CSc1nnc2c3cc(-c4ccccc4)nn3ccn12)Nc1ccc(F)cc1F. The highest BCUT2D eigenvalue weighted by Crippen LogP contribution is 2.24. The Kier molecular flexibility index (Phi) is 4.83. The van der Waals surface area contributed by atoms with Crippen LogP contribution in [0.25, 0.3) is 22.4 Å². The number of rotatable bonds is 5. The summed E-state index contributed by atoms with van der Waals surface area (Å²) in [4.78, 5) is 12.2. The summed E-state index contributed by atoms with van der Waals surface area (Å²) in [7, 11) is 0. The van der Waals surface area contributed by atoms with E-state index in [-0.39, 0.29) is 11.4 Å². The van der Waals surface area contributed by atoms with E-state index in [1.54, 1.807) is 21.3 Å². The van der Waals surface area contributed by atoms with E-state index >= 15 is 0 Å². The summed E-state index contributed by atoms with van der Waals surface area (Å²) >= 11 is 1.16. The molecule has 0 atom stereocenters. The monoisotopic (exact) mass is 436 g/mol. The van der Waals surface area contributed by atoms with Crippen molar-refractivity contribution >= 4 is 34.5 Å². The molecule has 7 nitrogen and oxygen atoms in total. The average molecular weight is 436 g/mol. The lowest BCUT2D eigenvalue weighted by molar-refractivity contribution is -0.113. The van der Waals surface area contributed by atoms with Crippen molar-refractivity contribution in [2.45, 2.75) is 5.16 Å². The molecule has 0 spiro atoms. The molecule has 31 heavy (non-hydrogen) atoms. The Balaban J connectivity index is 1.36. The molecule has 0 bridgehead atoms. The van der Waals surface area contributed by atoms with E-state index in [9.17, 15) is 13.6 Å². The quantitative estimate of drug-likeness (QED) is 0.421. The third-order valence-electron chi connectivity index (χ3n) is 4.59. The third-order valence-corrected chi connectivity index (χ3v) is 5.54. The number of carbonyl (C=O) groups is 1. The molecule has 2 aromatic carbocycles. The van der Waals surface area contributed by atoms with Gasteiger partial charge in [-0.3, -0.25) is 9.20 Å². The van der Waals surface area contributed by atoms with Gasteiger partial charge in [0, 0.05) is 24.0 Å². The molecule has 3 aromatic heterocycles. The standard InChI is InChI=1S/C21H14F2N6OS/c22-14-6-7-16(15(23)10-14)24-19(30)12-31-21-26-25-20-18-11-17(13-4-2-1-3-5-13)27-29(18)9-8-28(20)21/h1-11H,12H2,(H,24,30). The Bertz CT molecular complexity index is 1420. The minimum atomic E-state index is -0.830. The van der Waals surface area contributed by atoms with Gasteiger partial charge in [-0.15, -0.1) is 10.2 Å². The maximum Gasteiger partial charge on any atom is 0.234 e. The zero-order valence-corrected chi connectivity index (χ0v) is 16.7. The van der Waals surface area contributed by atoms with Gasteiger partial charge in [0.1, 0.15) is 17.2 Å². The van der Waals surface area contributed by atoms with Gasteiger partial charge in [0.15, 0.2) is 10.8 Å². The number of aromatic nitrogens is 5. The largest absolute Gasteiger partial charge is 0.323 e. The summed E-state index contributed by atoms with van der Waals surface area (Å²) in [5.41, 5.74) is 3.10. The van der Waals surface area contributed by atoms with E-state index < -0.39 is 17.5 Å². The zero-order valence-electron chi connectivity index (χ0n) is 15.9. The summed E-state index contributed by atoms with van der Waals surface area (Å²) in [6.07, 6.45) is 3.56. The average Bonchev–Trinajstić information content (AvgIpc) is 3.39. The molecular formula is C21H14F2N6OS. The maximum atomic E-state index is 13.7. The Morgan fingerprint density at radius 2 is 1.87 bits per heavy atom. The Morgan fingerprint density at radius 1 is 1.03 bits per heavy atom.